The zero-order valence-electron chi connectivity index (χ0n) is 16.8. The van der Waals surface area contributed by atoms with Gasteiger partial charge in [-0.1, -0.05) is 37.6 Å². The Morgan fingerprint density at radius 1 is 0.893 bits per heavy atom. The lowest BCUT2D eigenvalue weighted by atomic mass is 10.1. The summed E-state index contributed by atoms with van der Waals surface area (Å²) in [7, 11) is -1.75. The molecule has 0 bridgehead atoms. The van der Waals surface area contributed by atoms with Crippen molar-refractivity contribution < 1.29 is 13.2 Å². The van der Waals surface area contributed by atoms with Crippen LogP contribution in [-0.2, 0) is 23.0 Å². The molecule has 0 atom stereocenters. The van der Waals surface area contributed by atoms with Crippen LogP contribution in [0.1, 0.15) is 30.9 Å². The van der Waals surface area contributed by atoms with Crippen LogP contribution in [0, 0.1) is 0 Å². The van der Waals surface area contributed by atoms with Gasteiger partial charge in [0.05, 0.1) is 12.0 Å². The van der Waals surface area contributed by atoms with Crippen LogP contribution in [0.3, 0.4) is 0 Å². The van der Waals surface area contributed by atoms with Crippen LogP contribution in [0.25, 0.3) is 0 Å². The lowest BCUT2D eigenvalue weighted by Crippen LogP contribution is -2.48. The summed E-state index contributed by atoms with van der Waals surface area (Å²) >= 11 is 0. The predicted octanol–water partition coefficient (Wildman–Crippen LogP) is 3.54. The summed E-state index contributed by atoms with van der Waals surface area (Å²) in [4.78, 5) is 2.69. The minimum Gasteiger partial charge on any atom is -0.497 e. The van der Waals surface area contributed by atoms with Gasteiger partial charge in [0.1, 0.15) is 5.75 Å². The van der Waals surface area contributed by atoms with Crippen LogP contribution in [0.5, 0.6) is 5.75 Å². The van der Waals surface area contributed by atoms with E-state index in [1.807, 2.05) is 24.3 Å². The third kappa shape index (κ3) is 5.13. The fraction of sp³-hybridized carbons (Fsp3) is 0.455. The molecule has 1 fully saturated rings. The molecule has 0 saturated carbocycles. The van der Waals surface area contributed by atoms with E-state index in [4.69, 9.17) is 4.74 Å². The lowest BCUT2D eigenvalue weighted by molar-refractivity contribution is 0.181. The summed E-state index contributed by atoms with van der Waals surface area (Å²) in [5.74, 6) is 0.848. The van der Waals surface area contributed by atoms with E-state index in [0.717, 1.165) is 44.6 Å². The molecule has 1 heterocycles. The molecule has 0 spiro atoms. The Bertz CT molecular complexity index is 840. The minimum absolute atomic E-state index is 0.399. The van der Waals surface area contributed by atoms with E-state index in [1.165, 1.54) is 11.1 Å². The van der Waals surface area contributed by atoms with Gasteiger partial charge in [-0.2, -0.15) is 4.31 Å². The Kier molecular flexibility index (Phi) is 7.10. The molecule has 0 unspecified atom stereocenters. The van der Waals surface area contributed by atoms with Crippen LogP contribution in [0.2, 0.25) is 0 Å². The largest absolute Gasteiger partial charge is 0.497 e. The second-order valence-electron chi connectivity index (χ2n) is 7.28. The Balaban J connectivity index is 1.56. The number of methoxy groups -OCH3 is 1. The molecule has 152 valence electrons. The third-order valence-corrected chi connectivity index (χ3v) is 7.19. The number of unbranched alkanes of at least 4 members (excludes halogenated alkanes) is 1. The SMILES string of the molecule is CCCCc1ccc(S(=O)(=O)N2CCN(Cc3ccc(OC)cc3)CC2)cc1. The van der Waals surface area contributed by atoms with Crippen LogP contribution in [0.4, 0.5) is 0 Å². The highest BCUT2D eigenvalue weighted by molar-refractivity contribution is 7.89. The number of piperazine rings is 1. The van der Waals surface area contributed by atoms with Crippen molar-refractivity contribution in [2.24, 2.45) is 0 Å². The molecule has 1 aliphatic heterocycles. The van der Waals surface area contributed by atoms with Gasteiger partial charge in [0.2, 0.25) is 10.0 Å². The first kappa shape index (κ1) is 20.8. The van der Waals surface area contributed by atoms with E-state index >= 15 is 0 Å². The van der Waals surface area contributed by atoms with Crippen LogP contribution < -0.4 is 4.74 Å². The van der Waals surface area contributed by atoms with Crippen LogP contribution >= 0.6 is 0 Å². The van der Waals surface area contributed by atoms with Crippen LogP contribution in [-0.4, -0.2) is 50.9 Å². The number of rotatable bonds is 8. The quantitative estimate of drug-likeness (QED) is 0.678. The second-order valence-corrected chi connectivity index (χ2v) is 9.21. The number of sulfonamides is 1. The third-order valence-electron chi connectivity index (χ3n) is 5.28. The monoisotopic (exact) mass is 402 g/mol. The molecule has 0 radical (unpaired) electrons. The van der Waals surface area contributed by atoms with E-state index in [9.17, 15) is 8.42 Å². The van der Waals surface area contributed by atoms with Gasteiger partial charge < -0.3 is 4.74 Å². The average Bonchev–Trinajstić information content (AvgIpc) is 2.73. The van der Waals surface area contributed by atoms with Crippen molar-refractivity contribution >= 4 is 10.0 Å². The van der Waals surface area contributed by atoms with Gasteiger partial charge in [-0.3, -0.25) is 4.90 Å². The van der Waals surface area contributed by atoms with Crippen molar-refractivity contribution in [1.82, 2.24) is 9.21 Å². The molecule has 0 amide bonds. The van der Waals surface area contributed by atoms with E-state index in [2.05, 4.69) is 24.0 Å². The summed E-state index contributed by atoms with van der Waals surface area (Å²) in [5, 5.41) is 0. The molecular weight excluding hydrogens is 372 g/mol. The van der Waals surface area contributed by atoms with Crippen molar-refractivity contribution in [2.75, 3.05) is 33.3 Å². The maximum Gasteiger partial charge on any atom is 0.243 e. The Hall–Kier alpha value is -1.89. The van der Waals surface area contributed by atoms with Crippen molar-refractivity contribution in [2.45, 2.75) is 37.6 Å². The first-order chi connectivity index (χ1) is 13.5. The normalized spacial score (nSPS) is 16.2. The highest BCUT2D eigenvalue weighted by atomic mass is 32.2. The average molecular weight is 403 g/mol. The molecule has 0 aliphatic carbocycles. The molecule has 1 saturated heterocycles. The molecule has 6 heteroatoms. The maximum atomic E-state index is 12.9. The van der Waals surface area contributed by atoms with E-state index in [0.29, 0.717) is 18.0 Å². The highest BCUT2D eigenvalue weighted by Crippen LogP contribution is 2.20. The topological polar surface area (TPSA) is 49.9 Å². The van der Waals surface area contributed by atoms with Gasteiger partial charge in [0, 0.05) is 32.7 Å². The number of hydrogen-bond acceptors (Lipinski definition) is 4. The molecule has 28 heavy (non-hydrogen) atoms. The number of benzene rings is 2. The summed E-state index contributed by atoms with van der Waals surface area (Å²) < 4.78 is 32.7. The van der Waals surface area contributed by atoms with Gasteiger partial charge in [-0.25, -0.2) is 8.42 Å². The fourth-order valence-electron chi connectivity index (χ4n) is 3.48. The van der Waals surface area contributed by atoms with Gasteiger partial charge >= 0.3 is 0 Å². The summed E-state index contributed by atoms with van der Waals surface area (Å²) in [6.07, 6.45) is 3.27. The first-order valence-electron chi connectivity index (χ1n) is 9.97. The molecular formula is C22H30N2O3S. The van der Waals surface area contributed by atoms with Gasteiger partial charge in [-0.15, -0.1) is 0 Å². The van der Waals surface area contributed by atoms with Crippen molar-refractivity contribution in [3.63, 3.8) is 0 Å². The standard InChI is InChI=1S/C22H30N2O3S/c1-3-4-5-19-8-12-22(13-9-19)28(25,26)24-16-14-23(15-17-24)18-20-6-10-21(27-2)11-7-20/h6-13H,3-5,14-18H2,1-2H3. The van der Waals surface area contributed by atoms with Crippen LogP contribution in [0.15, 0.2) is 53.4 Å². The number of nitrogens with zero attached hydrogens (tertiary/aromatic N) is 2. The first-order valence-corrected chi connectivity index (χ1v) is 11.4. The summed E-state index contributed by atoms with van der Waals surface area (Å²) in [5.41, 5.74) is 2.41. The smallest absolute Gasteiger partial charge is 0.243 e. The predicted molar refractivity (Wildman–Crippen MR) is 112 cm³/mol. The molecule has 2 aromatic carbocycles. The summed E-state index contributed by atoms with van der Waals surface area (Å²) in [6, 6.07) is 15.4. The summed E-state index contributed by atoms with van der Waals surface area (Å²) in [6.45, 7) is 5.50. The van der Waals surface area contributed by atoms with Crippen molar-refractivity contribution in [3.8, 4) is 5.75 Å². The molecule has 5 nitrogen and oxygen atoms in total. The van der Waals surface area contributed by atoms with Gasteiger partial charge in [-0.05, 0) is 48.2 Å². The Morgan fingerprint density at radius 3 is 2.07 bits per heavy atom. The van der Waals surface area contributed by atoms with E-state index in [1.54, 1.807) is 23.5 Å². The molecule has 0 N–H and O–H groups in total. The van der Waals surface area contributed by atoms with E-state index < -0.39 is 10.0 Å². The number of aryl methyl sites for hydroxylation is 1. The maximum absolute atomic E-state index is 12.9. The molecule has 3 rings (SSSR count). The fourth-order valence-corrected chi connectivity index (χ4v) is 4.90. The van der Waals surface area contributed by atoms with Gasteiger partial charge in [0.25, 0.3) is 0 Å². The highest BCUT2D eigenvalue weighted by Gasteiger charge is 2.28. The molecule has 1 aliphatic rings. The Labute approximate surface area is 169 Å². The van der Waals surface area contributed by atoms with Crippen molar-refractivity contribution in [3.05, 3.63) is 59.7 Å². The second kappa shape index (κ2) is 9.54. The minimum atomic E-state index is -3.41. The zero-order chi connectivity index (χ0) is 20.0. The Morgan fingerprint density at radius 2 is 1.50 bits per heavy atom. The number of hydrogen-bond donors (Lipinski definition) is 0. The zero-order valence-corrected chi connectivity index (χ0v) is 17.6. The lowest BCUT2D eigenvalue weighted by Gasteiger charge is -2.34. The molecule has 0 aromatic heterocycles. The van der Waals surface area contributed by atoms with Gasteiger partial charge in [0.15, 0.2) is 0 Å². The number of ether oxygens (including phenoxy) is 1. The molecule has 2 aromatic rings. The van der Waals surface area contributed by atoms with E-state index in [-0.39, 0.29) is 0 Å². The van der Waals surface area contributed by atoms with Crippen molar-refractivity contribution in [1.29, 1.82) is 0 Å².